The maximum absolute atomic E-state index is 13.3. The number of aryl methyl sites for hydroxylation is 1. The zero-order valence-electron chi connectivity index (χ0n) is 25.0. The summed E-state index contributed by atoms with van der Waals surface area (Å²) in [4.78, 5) is 57.9. The first-order valence-electron chi connectivity index (χ1n) is 13.9. The van der Waals surface area contributed by atoms with E-state index in [0.717, 1.165) is 26.4 Å². The summed E-state index contributed by atoms with van der Waals surface area (Å²) in [7, 11) is 4.35. The van der Waals surface area contributed by atoms with Crippen LogP contribution >= 0.6 is 50.9 Å². The van der Waals surface area contributed by atoms with Crippen LogP contribution in [0.4, 0.5) is 4.79 Å². The van der Waals surface area contributed by atoms with Crippen molar-refractivity contribution in [1.29, 1.82) is 0 Å². The number of hydrogen-bond acceptors (Lipinski definition) is 8. The Kier molecular flexibility index (Phi) is 9.07. The van der Waals surface area contributed by atoms with E-state index in [1.807, 2.05) is 24.3 Å². The fourth-order valence-corrected chi connectivity index (χ4v) is 6.79. The Hall–Kier alpha value is -4.30. The summed E-state index contributed by atoms with van der Waals surface area (Å²) >= 11 is 16.8. The van der Waals surface area contributed by atoms with Gasteiger partial charge in [0.25, 0.3) is 16.7 Å². The Morgan fingerprint density at radius 3 is 2.45 bits per heavy atom. The predicted molar refractivity (Wildman–Crippen MR) is 185 cm³/mol. The zero-order chi connectivity index (χ0) is 33.6. The summed E-state index contributed by atoms with van der Waals surface area (Å²) in [5, 5.41) is 0.450. The molecule has 1 fully saturated rings. The lowest BCUT2D eigenvalue weighted by molar-refractivity contribution is -0.123. The highest BCUT2D eigenvalue weighted by Gasteiger charge is 2.35. The van der Waals surface area contributed by atoms with E-state index < -0.39 is 17.2 Å². The maximum atomic E-state index is 13.3. The van der Waals surface area contributed by atoms with Crippen molar-refractivity contribution >= 4 is 79.3 Å². The largest absolute Gasteiger partial charge is 0.493 e. The molecule has 2 amide bonds. The van der Waals surface area contributed by atoms with Gasteiger partial charge in [0, 0.05) is 28.6 Å². The van der Waals surface area contributed by atoms with Gasteiger partial charge in [0.05, 0.1) is 25.1 Å². The maximum Gasteiger partial charge on any atom is 0.332 e. The summed E-state index contributed by atoms with van der Waals surface area (Å²) in [6, 6.07) is 17.4. The highest BCUT2D eigenvalue weighted by atomic mass is 79.9. The Balaban J connectivity index is 1.35. The summed E-state index contributed by atoms with van der Waals surface area (Å²) in [5.74, 6) is 0.131. The Morgan fingerprint density at radius 1 is 0.936 bits per heavy atom. The van der Waals surface area contributed by atoms with Crippen LogP contribution in [-0.4, -0.2) is 41.8 Å². The van der Waals surface area contributed by atoms with Gasteiger partial charge in [-0.15, -0.1) is 0 Å². The standard InChI is InChI=1S/C32H24BrCl2N5O6S/c1-37-27-26(29(42)38(2)31(37)43)39(16-19-8-9-21(34)14-22(19)35)30(36-27)46-23-10-7-17(12-24(23)45-3)13-25-28(41)40(32(44)47-25)15-18-5-4-6-20(33)11-18/h4-14H,15-16H2,1-3H3/b25-13-. The summed E-state index contributed by atoms with van der Waals surface area (Å²) < 4.78 is 16.5. The van der Waals surface area contributed by atoms with Crippen molar-refractivity contribution in [2.24, 2.45) is 14.1 Å². The lowest BCUT2D eigenvalue weighted by atomic mass is 10.1. The molecule has 3 aromatic carbocycles. The number of halogens is 3. The fraction of sp³-hybridized carbons (Fsp3) is 0.156. The second kappa shape index (κ2) is 13.1. The highest BCUT2D eigenvalue weighted by Crippen LogP contribution is 2.37. The molecule has 1 aliphatic heterocycles. The molecule has 0 atom stereocenters. The second-order valence-corrected chi connectivity index (χ2v) is 13.3. The van der Waals surface area contributed by atoms with Gasteiger partial charge in [0.1, 0.15) is 0 Å². The second-order valence-electron chi connectivity index (χ2n) is 10.5. The van der Waals surface area contributed by atoms with Crippen LogP contribution in [0.3, 0.4) is 0 Å². The molecule has 0 spiro atoms. The predicted octanol–water partition coefficient (Wildman–Crippen LogP) is 6.59. The number of amides is 2. The van der Waals surface area contributed by atoms with Gasteiger partial charge in [-0.3, -0.25) is 33.0 Å². The number of hydrogen-bond donors (Lipinski definition) is 0. The van der Waals surface area contributed by atoms with Crippen molar-refractivity contribution in [3.8, 4) is 17.5 Å². The zero-order valence-corrected chi connectivity index (χ0v) is 28.9. The van der Waals surface area contributed by atoms with E-state index in [1.165, 1.54) is 35.2 Å². The van der Waals surface area contributed by atoms with Crippen molar-refractivity contribution in [2.45, 2.75) is 13.1 Å². The first kappa shape index (κ1) is 32.6. The van der Waals surface area contributed by atoms with E-state index >= 15 is 0 Å². The molecule has 3 heterocycles. The van der Waals surface area contributed by atoms with E-state index in [1.54, 1.807) is 42.5 Å². The minimum absolute atomic E-state index is 0.00374. The van der Waals surface area contributed by atoms with Crippen LogP contribution in [0.2, 0.25) is 10.0 Å². The first-order chi connectivity index (χ1) is 22.4. The number of imide groups is 1. The average molecular weight is 757 g/mol. The van der Waals surface area contributed by atoms with Gasteiger partial charge in [-0.2, -0.15) is 4.98 Å². The molecule has 5 aromatic rings. The fourth-order valence-electron chi connectivity index (χ4n) is 5.03. The van der Waals surface area contributed by atoms with Gasteiger partial charge in [-0.25, -0.2) is 4.79 Å². The molecule has 11 nitrogen and oxygen atoms in total. The molecule has 0 bridgehead atoms. The molecule has 47 heavy (non-hydrogen) atoms. The van der Waals surface area contributed by atoms with Crippen LogP contribution in [0.1, 0.15) is 16.7 Å². The molecule has 0 unspecified atom stereocenters. The molecule has 240 valence electrons. The number of methoxy groups -OCH3 is 1. The summed E-state index contributed by atoms with van der Waals surface area (Å²) in [6.45, 7) is 0.222. The van der Waals surface area contributed by atoms with Crippen molar-refractivity contribution in [2.75, 3.05) is 7.11 Å². The van der Waals surface area contributed by atoms with Gasteiger partial charge < -0.3 is 9.47 Å². The molecule has 1 aliphatic rings. The van der Waals surface area contributed by atoms with Gasteiger partial charge in [-0.05, 0) is 70.9 Å². The van der Waals surface area contributed by atoms with Crippen molar-refractivity contribution < 1.29 is 19.1 Å². The molecule has 2 aromatic heterocycles. The summed E-state index contributed by atoms with van der Waals surface area (Å²) in [5.41, 5.74) is 1.16. The van der Waals surface area contributed by atoms with Crippen LogP contribution < -0.4 is 20.7 Å². The lowest BCUT2D eigenvalue weighted by Crippen LogP contribution is -2.37. The average Bonchev–Trinajstić information content (AvgIpc) is 3.52. The van der Waals surface area contributed by atoms with Gasteiger partial charge in [0.2, 0.25) is 0 Å². The number of fused-ring (bicyclic) bond motifs is 1. The van der Waals surface area contributed by atoms with Crippen LogP contribution in [0, 0.1) is 0 Å². The number of carbonyl (C=O) groups excluding carboxylic acids is 2. The molecule has 0 aliphatic carbocycles. The SMILES string of the molecule is COc1cc(/C=C2\SC(=O)N(Cc3cccc(Br)c3)C2=O)ccc1Oc1nc2c(c(=O)n(C)c(=O)n2C)n1Cc1ccc(Cl)cc1Cl. The topological polar surface area (TPSA) is 118 Å². The number of thioether (sulfide) groups is 1. The van der Waals surface area contributed by atoms with E-state index in [2.05, 4.69) is 20.9 Å². The molecular formula is C32H24BrCl2N5O6S. The van der Waals surface area contributed by atoms with Gasteiger partial charge in [0.15, 0.2) is 22.7 Å². The van der Waals surface area contributed by atoms with E-state index in [9.17, 15) is 19.2 Å². The van der Waals surface area contributed by atoms with Crippen LogP contribution in [-0.2, 0) is 32.0 Å². The quantitative estimate of drug-likeness (QED) is 0.163. The third kappa shape index (κ3) is 6.35. The number of imidazole rings is 1. The number of aromatic nitrogens is 4. The van der Waals surface area contributed by atoms with E-state index in [4.69, 9.17) is 32.7 Å². The number of nitrogens with zero attached hydrogens (tertiary/aromatic N) is 5. The number of carbonyl (C=O) groups is 2. The van der Waals surface area contributed by atoms with Crippen LogP contribution in [0.15, 0.2) is 79.6 Å². The minimum atomic E-state index is -0.563. The number of benzene rings is 3. The molecule has 0 radical (unpaired) electrons. The Morgan fingerprint density at radius 2 is 1.72 bits per heavy atom. The molecule has 0 saturated carbocycles. The van der Waals surface area contributed by atoms with Gasteiger partial charge >= 0.3 is 11.7 Å². The number of ether oxygens (including phenoxy) is 2. The molecule has 0 N–H and O–H groups in total. The summed E-state index contributed by atoms with van der Waals surface area (Å²) in [6.07, 6.45) is 1.61. The molecule has 15 heteroatoms. The lowest BCUT2D eigenvalue weighted by Gasteiger charge is -2.14. The number of rotatable bonds is 8. The van der Waals surface area contributed by atoms with Crippen molar-refractivity contribution in [3.63, 3.8) is 0 Å². The van der Waals surface area contributed by atoms with Crippen molar-refractivity contribution in [1.82, 2.24) is 23.6 Å². The smallest absolute Gasteiger partial charge is 0.332 e. The Labute approximate surface area is 290 Å². The van der Waals surface area contributed by atoms with Crippen LogP contribution in [0.5, 0.6) is 17.5 Å². The van der Waals surface area contributed by atoms with Gasteiger partial charge in [-0.1, -0.05) is 63.4 Å². The third-order valence-electron chi connectivity index (χ3n) is 7.45. The van der Waals surface area contributed by atoms with E-state index in [0.29, 0.717) is 21.2 Å². The molecule has 6 rings (SSSR count). The van der Waals surface area contributed by atoms with Crippen molar-refractivity contribution in [3.05, 3.63) is 118 Å². The Bertz CT molecular complexity index is 2260. The third-order valence-corrected chi connectivity index (χ3v) is 9.43. The first-order valence-corrected chi connectivity index (χ1v) is 16.3. The molecular weight excluding hydrogens is 733 g/mol. The molecule has 1 saturated heterocycles. The minimum Gasteiger partial charge on any atom is -0.493 e. The highest BCUT2D eigenvalue weighted by molar-refractivity contribution is 9.10. The van der Waals surface area contributed by atoms with E-state index in [-0.39, 0.29) is 51.9 Å². The van der Waals surface area contributed by atoms with Crippen LogP contribution in [0.25, 0.3) is 17.2 Å². The monoisotopic (exact) mass is 755 g/mol. The normalized spacial score (nSPS) is 14.1.